The Kier molecular flexibility index (Phi) is 7.53. The predicted octanol–water partition coefficient (Wildman–Crippen LogP) is 7.62. The third kappa shape index (κ3) is 5.78. The fourth-order valence-corrected chi connectivity index (χ4v) is 5.72. The van der Waals surface area contributed by atoms with Gasteiger partial charge < -0.3 is 4.74 Å². The molecule has 2 aliphatic rings. The van der Waals surface area contributed by atoms with Gasteiger partial charge in [0.1, 0.15) is 5.82 Å². The maximum Gasteiger partial charge on any atom is 0.416 e. The first-order chi connectivity index (χ1) is 16.9. The zero-order chi connectivity index (χ0) is 26.3. The Bertz CT molecular complexity index is 1030. The molecular weight excluding hydrogens is 487 g/mol. The van der Waals surface area contributed by atoms with Gasteiger partial charge in [-0.3, -0.25) is 4.90 Å². The lowest BCUT2D eigenvalue weighted by molar-refractivity contribution is -0.143. The van der Waals surface area contributed by atoms with Crippen molar-refractivity contribution in [3.63, 3.8) is 0 Å². The number of hydrogen-bond donors (Lipinski definition) is 0. The largest absolute Gasteiger partial charge is 0.416 e. The Morgan fingerprint density at radius 3 is 2.14 bits per heavy atom. The maximum absolute atomic E-state index is 13.6. The highest BCUT2D eigenvalue weighted by Gasteiger charge is 2.46. The second-order valence-electron chi connectivity index (χ2n) is 9.74. The van der Waals surface area contributed by atoms with E-state index in [1.165, 1.54) is 19.1 Å². The highest BCUT2D eigenvalue weighted by molar-refractivity contribution is 5.35. The summed E-state index contributed by atoms with van der Waals surface area (Å²) in [6, 6.07) is 7.66. The normalized spacial score (nSPS) is 26.0. The summed E-state index contributed by atoms with van der Waals surface area (Å²) in [4.78, 5) is 2.27. The van der Waals surface area contributed by atoms with Gasteiger partial charge in [0.15, 0.2) is 0 Å². The average molecular weight is 516 g/mol. The highest BCUT2D eigenvalue weighted by Crippen LogP contribution is 2.48. The molecule has 1 saturated carbocycles. The van der Waals surface area contributed by atoms with Gasteiger partial charge >= 0.3 is 12.4 Å². The zero-order valence-electron chi connectivity index (χ0n) is 19.7. The van der Waals surface area contributed by atoms with Crippen LogP contribution in [0, 0.1) is 17.7 Å². The molecule has 2 aromatic carbocycles. The SMILES string of the molecule is C=CCN1CC2CC[C@H](O[C@H](C)c3cc(C(F)(F)F)cc(C(F)(F)F)c3)[C@@H](c3ccc(F)cc3)C2C1. The minimum atomic E-state index is -4.93. The lowest BCUT2D eigenvalue weighted by Crippen LogP contribution is -2.38. The van der Waals surface area contributed by atoms with E-state index in [-0.39, 0.29) is 29.3 Å². The molecule has 0 amide bonds. The van der Waals surface area contributed by atoms with Crippen LogP contribution in [0.25, 0.3) is 0 Å². The molecule has 36 heavy (non-hydrogen) atoms. The smallest absolute Gasteiger partial charge is 0.370 e. The van der Waals surface area contributed by atoms with Crippen LogP contribution in [-0.4, -0.2) is 30.6 Å². The van der Waals surface area contributed by atoms with Crippen molar-refractivity contribution in [2.45, 2.75) is 50.2 Å². The van der Waals surface area contributed by atoms with E-state index in [1.54, 1.807) is 12.1 Å². The van der Waals surface area contributed by atoms with Crippen LogP contribution in [0.15, 0.2) is 55.1 Å². The molecule has 0 bridgehead atoms. The third-order valence-electron chi connectivity index (χ3n) is 7.35. The molecule has 1 aliphatic heterocycles. The second-order valence-corrected chi connectivity index (χ2v) is 9.74. The first kappa shape index (κ1) is 26.7. The van der Waals surface area contributed by atoms with Crippen molar-refractivity contribution in [1.29, 1.82) is 0 Å². The van der Waals surface area contributed by atoms with Gasteiger partial charge in [0, 0.05) is 25.6 Å². The van der Waals surface area contributed by atoms with Crippen molar-refractivity contribution in [2.75, 3.05) is 19.6 Å². The van der Waals surface area contributed by atoms with Crippen LogP contribution in [-0.2, 0) is 17.1 Å². The van der Waals surface area contributed by atoms with Crippen molar-refractivity contribution in [3.05, 3.63) is 83.2 Å². The van der Waals surface area contributed by atoms with E-state index in [0.29, 0.717) is 12.3 Å². The third-order valence-corrected chi connectivity index (χ3v) is 7.35. The van der Waals surface area contributed by atoms with Crippen LogP contribution in [0.5, 0.6) is 0 Å². The molecule has 2 aromatic rings. The molecule has 196 valence electrons. The van der Waals surface area contributed by atoms with E-state index in [9.17, 15) is 30.7 Å². The minimum Gasteiger partial charge on any atom is -0.370 e. The molecule has 5 atom stereocenters. The summed E-state index contributed by atoms with van der Waals surface area (Å²) in [5.74, 6) is -0.0380. The molecule has 4 rings (SSSR count). The Balaban J connectivity index is 1.65. The van der Waals surface area contributed by atoms with Crippen LogP contribution < -0.4 is 0 Å². The van der Waals surface area contributed by atoms with Gasteiger partial charge in [-0.25, -0.2) is 4.39 Å². The van der Waals surface area contributed by atoms with Crippen molar-refractivity contribution < 1.29 is 35.5 Å². The van der Waals surface area contributed by atoms with E-state index < -0.39 is 35.7 Å². The number of ether oxygens (including phenoxy) is 1. The van der Waals surface area contributed by atoms with E-state index >= 15 is 0 Å². The average Bonchev–Trinajstić information content (AvgIpc) is 3.21. The first-order valence-electron chi connectivity index (χ1n) is 11.9. The van der Waals surface area contributed by atoms with Crippen molar-refractivity contribution in [1.82, 2.24) is 4.90 Å². The Hall–Kier alpha value is -2.39. The minimum absolute atomic E-state index is 0.121. The van der Waals surface area contributed by atoms with Gasteiger partial charge in [0.05, 0.1) is 23.3 Å². The van der Waals surface area contributed by atoms with Gasteiger partial charge in [-0.1, -0.05) is 18.2 Å². The Labute approximate surface area is 205 Å². The summed E-state index contributed by atoms with van der Waals surface area (Å²) in [6.45, 7) is 7.62. The summed E-state index contributed by atoms with van der Waals surface area (Å²) in [7, 11) is 0. The molecule has 2 nitrogen and oxygen atoms in total. The van der Waals surface area contributed by atoms with Gasteiger partial charge in [0.2, 0.25) is 0 Å². The molecular formula is C27H28F7NO. The summed E-state index contributed by atoms with van der Waals surface area (Å²) in [5.41, 5.74) is -2.06. The number of nitrogens with zero attached hydrogens (tertiary/aromatic N) is 1. The van der Waals surface area contributed by atoms with E-state index in [1.807, 2.05) is 6.08 Å². The molecule has 0 radical (unpaired) electrons. The standard InChI is InChI=1S/C27H28F7NO/c1-3-10-35-14-18-6-9-24(25(23(18)15-35)17-4-7-22(28)8-5-17)36-16(2)19-11-20(26(29,30)31)13-21(12-19)27(32,33)34/h3-5,7-8,11-13,16,18,23-25H,1,6,9-10,14-15H2,2H3/t16-,18?,23?,24+,25+/m1/s1. The Morgan fingerprint density at radius 1 is 0.972 bits per heavy atom. The van der Waals surface area contributed by atoms with Crippen molar-refractivity contribution >= 4 is 0 Å². The van der Waals surface area contributed by atoms with Gasteiger partial charge in [-0.05, 0) is 73.1 Å². The van der Waals surface area contributed by atoms with E-state index in [0.717, 1.165) is 43.8 Å². The molecule has 0 N–H and O–H groups in total. The van der Waals surface area contributed by atoms with Crippen molar-refractivity contribution in [2.24, 2.45) is 11.8 Å². The number of rotatable bonds is 6. The topological polar surface area (TPSA) is 12.5 Å². The quantitative estimate of drug-likeness (QED) is 0.290. The number of hydrogen-bond acceptors (Lipinski definition) is 2. The summed E-state index contributed by atoms with van der Waals surface area (Å²) in [5, 5.41) is 0. The highest BCUT2D eigenvalue weighted by atomic mass is 19.4. The Morgan fingerprint density at radius 2 is 1.58 bits per heavy atom. The molecule has 2 unspecified atom stereocenters. The van der Waals surface area contributed by atoms with Gasteiger partial charge in [0.25, 0.3) is 0 Å². The summed E-state index contributed by atoms with van der Waals surface area (Å²) < 4.78 is 100. The lowest BCUT2D eigenvalue weighted by atomic mass is 9.69. The molecule has 2 fully saturated rings. The second kappa shape index (κ2) is 10.2. The van der Waals surface area contributed by atoms with Crippen LogP contribution in [0.3, 0.4) is 0 Å². The van der Waals surface area contributed by atoms with Crippen molar-refractivity contribution in [3.8, 4) is 0 Å². The van der Waals surface area contributed by atoms with Crippen LogP contribution in [0.4, 0.5) is 30.7 Å². The number of benzene rings is 2. The van der Waals surface area contributed by atoms with Crippen LogP contribution in [0.2, 0.25) is 0 Å². The van der Waals surface area contributed by atoms with Gasteiger partial charge in [-0.15, -0.1) is 6.58 Å². The molecule has 0 aromatic heterocycles. The summed E-state index contributed by atoms with van der Waals surface area (Å²) >= 11 is 0. The number of likely N-dealkylation sites (tertiary alicyclic amines) is 1. The monoisotopic (exact) mass is 515 g/mol. The fraction of sp³-hybridized carbons (Fsp3) is 0.481. The van der Waals surface area contributed by atoms with E-state index in [2.05, 4.69) is 11.5 Å². The lowest BCUT2D eigenvalue weighted by Gasteiger charge is -2.41. The van der Waals surface area contributed by atoms with Crippen LogP contribution >= 0.6 is 0 Å². The summed E-state index contributed by atoms with van der Waals surface area (Å²) in [6.07, 6.45) is -8.06. The molecule has 1 aliphatic carbocycles. The number of alkyl halides is 6. The molecule has 9 heteroatoms. The predicted molar refractivity (Wildman–Crippen MR) is 122 cm³/mol. The zero-order valence-corrected chi connectivity index (χ0v) is 19.7. The molecule has 0 spiro atoms. The molecule has 1 heterocycles. The first-order valence-corrected chi connectivity index (χ1v) is 11.9. The molecule has 1 saturated heterocycles. The maximum atomic E-state index is 13.6. The van der Waals surface area contributed by atoms with E-state index in [4.69, 9.17) is 4.74 Å². The van der Waals surface area contributed by atoms with Gasteiger partial charge in [-0.2, -0.15) is 26.3 Å². The number of halogens is 7. The number of fused-ring (bicyclic) bond motifs is 1. The van der Waals surface area contributed by atoms with Crippen LogP contribution in [0.1, 0.15) is 54.0 Å². The fourth-order valence-electron chi connectivity index (χ4n) is 5.72.